The summed E-state index contributed by atoms with van der Waals surface area (Å²) in [4.78, 5) is 34.8. The monoisotopic (exact) mass is 582 g/mol. The van der Waals surface area contributed by atoms with Crippen molar-refractivity contribution in [3.8, 4) is 5.75 Å². The molecule has 0 aliphatic carbocycles. The third kappa shape index (κ3) is 7.31. The molecule has 0 fully saturated rings. The van der Waals surface area contributed by atoms with Gasteiger partial charge in [0.2, 0.25) is 9.05 Å². The normalized spacial score (nSPS) is 12.2. The number of nitrogen functional groups attached to an aromatic ring is 1. The van der Waals surface area contributed by atoms with Crippen LogP contribution in [0.3, 0.4) is 0 Å². The average Bonchev–Trinajstić information content (AvgIpc) is 3.22. The predicted molar refractivity (Wildman–Crippen MR) is 142 cm³/mol. The molecule has 38 heavy (non-hydrogen) atoms. The topological polar surface area (TPSA) is 169 Å². The fourth-order valence-corrected chi connectivity index (χ4v) is 4.42. The molecule has 0 saturated heterocycles. The summed E-state index contributed by atoms with van der Waals surface area (Å²) in [6.07, 6.45) is 2.87. The molecule has 15 heteroatoms. The van der Waals surface area contributed by atoms with Gasteiger partial charge in [0.05, 0.1) is 22.6 Å². The van der Waals surface area contributed by atoms with Gasteiger partial charge >= 0.3 is 0 Å². The van der Waals surface area contributed by atoms with Crippen LogP contribution in [0.4, 0.5) is 15.8 Å². The molecular formula is C23H21Cl2FN6O5S. The van der Waals surface area contributed by atoms with Crippen molar-refractivity contribution in [3.63, 3.8) is 0 Å². The highest BCUT2D eigenvalue weighted by Gasteiger charge is 2.18. The Balaban J connectivity index is 0.000000262. The van der Waals surface area contributed by atoms with E-state index in [1.807, 2.05) is 6.07 Å². The van der Waals surface area contributed by atoms with Gasteiger partial charge in [0.25, 0.3) is 11.8 Å². The lowest BCUT2D eigenvalue weighted by atomic mass is 10.1. The van der Waals surface area contributed by atoms with Crippen molar-refractivity contribution in [2.24, 2.45) is 0 Å². The summed E-state index contributed by atoms with van der Waals surface area (Å²) in [5, 5.41) is 5.52. The maximum Gasteiger partial charge on any atom is 0.272 e. The van der Waals surface area contributed by atoms with Crippen LogP contribution in [0.15, 0.2) is 55.0 Å². The van der Waals surface area contributed by atoms with Crippen molar-refractivity contribution < 1.29 is 27.1 Å². The molecule has 2 aromatic carbocycles. The molecule has 2 aromatic heterocycles. The Morgan fingerprint density at radius 1 is 1.18 bits per heavy atom. The molecule has 1 aliphatic rings. The minimum Gasteiger partial charge on any atom is -0.482 e. The number of fused-ring (bicyclic) bond motifs is 2. The molecule has 0 atom stereocenters. The van der Waals surface area contributed by atoms with Crippen LogP contribution in [0.25, 0.3) is 11.0 Å². The van der Waals surface area contributed by atoms with Crippen LogP contribution >= 0.6 is 23.1 Å². The van der Waals surface area contributed by atoms with E-state index >= 15 is 0 Å². The molecule has 3 heterocycles. The van der Waals surface area contributed by atoms with Gasteiger partial charge in [-0.1, -0.05) is 18.2 Å². The molecule has 0 saturated carbocycles. The lowest BCUT2D eigenvalue weighted by molar-refractivity contribution is -0.118. The molecule has 200 valence electrons. The molecule has 0 spiro atoms. The summed E-state index contributed by atoms with van der Waals surface area (Å²) in [5.41, 5.74) is 9.21. The molecular weight excluding hydrogens is 562 g/mol. The zero-order valence-corrected chi connectivity index (χ0v) is 21.8. The first kappa shape index (κ1) is 28.6. The molecule has 0 radical (unpaired) electrons. The van der Waals surface area contributed by atoms with E-state index in [0.29, 0.717) is 33.7 Å². The summed E-state index contributed by atoms with van der Waals surface area (Å²) in [5.74, 6) is -0.762. The van der Waals surface area contributed by atoms with Gasteiger partial charge in [-0.2, -0.15) is 0 Å². The van der Waals surface area contributed by atoms with Gasteiger partial charge in [0.15, 0.2) is 12.3 Å². The number of nitrogens with two attached hydrogens (primary N) is 1. The van der Waals surface area contributed by atoms with Crippen LogP contribution in [0.2, 0.25) is 0 Å². The third-order valence-corrected chi connectivity index (χ3v) is 6.07. The number of H-pyrrole nitrogens is 1. The maximum absolute atomic E-state index is 12.5. The molecule has 11 nitrogen and oxygen atoms in total. The third-order valence-electron chi connectivity index (χ3n) is 5.07. The maximum atomic E-state index is 12.5. The second-order valence-corrected chi connectivity index (χ2v) is 10.6. The Hall–Kier alpha value is -3.94. The number of hydrogen-bond donors (Lipinski definition) is 4. The number of benzene rings is 2. The minimum atomic E-state index is -3.59. The highest BCUT2D eigenvalue weighted by molar-refractivity contribution is 8.13. The summed E-state index contributed by atoms with van der Waals surface area (Å²) in [6, 6.07) is 10.7. The van der Waals surface area contributed by atoms with E-state index in [-0.39, 0.29) is 48.8 Å². The second-order valence-electron chi connectivity index (χ2n) is 7.85. The van der Waals surface area contributed by atoms with Crippen LogP contribution in [0, 0.1) is 5.82 Å². The van der Waals surface area contributed by atoms with Gasteiger partial charge in [0.1, 0.15) is 23.4 Å². The smallest absolute Gasteiger partial charge is 0.272 e. The number of hydrogen-bond acceptors (Lipinski definition) is 8. The van der Waals surface area contributed by atoms with E-state index in [1.54, 1.807) is 18.3 Å². The van der Waals surface area contributed by atoms with Crippen molar-refractivity contribution in [2.45, 2.75) is 12.3 Å². The van der Waals surface area contributed by atoms with Crippen molar-refractivity contribution in [3.05, 3.63) is 77.6 Å². The first-order valence-corrected chi connectivity index (χ1v) is 13.1. The second kappa shape index (κ2) is 12.1. The zero-order chi connectivity index (χ0) is 26.6. The van der Waals surface area contributed by atoms with E-state index < -0.39 is 14.9 Å². The zero-order valence-electron chi connectivity index (χ0n) is 19.4. The van der Waals surface area contributed by atoms with E-state index in [0.717, 1.165) is 11.6 Å². The van der Waals surface area contributed by atoms with Crippen LogP contribution in [0.5, 0.6) is 5.75 Å². The largest absolute Gasteiger partial charge is 0.482 e. The van der Waals surface area contributed by atoms with Crippen molar-refractivity contribution in [1.29, 1.82) is 0 Å². The number of aromatic nitrogens is 3. The number of anilines is 2. The van der Waals surface area contributed by atoms with Crippen LogP contribution < -0.4 is 21.1 Å². The van der Waals surface area contributed by atoms with E-state index in [4.69, 9.17) is 21.2 Å². The number of carbonyl (C=O) groups is 2. The molecule has 0 bridgehead atoms. The Morgan fingerprint density at radius 3 is 2.71 bits per heavy atom. The van der Waals surface area contributed by atoms with Gasteiger partial charge < -0.3 is 26.1 Å². The molecule has 5 N–H and O–H groups in total. The summed E-state index contributed by atoms with van der Waals surface area (Å²) in [7, 11) is 1.38. The van der Waals surface area contributed by atoms with Crippen LogP contribution in [0.1, 0.15) is 21.6 Å². The minimum absolute atomic E-state index is 0. The number of ether oxygens (including phenoxy) is 1. The van der Waals surface area contributed by atoms with Crippen molar-refractivity contribution in [1.82, 2.24) is 20.3 Å². The van der Waals surface area contributed by atoms with Crippen molar-refractivity contribution in [2.75, 3.05) is 17.7 Å². The van der Waals surface area contributed by atoms with E-state index in [1.165, 1.54) is 24.5 Å². The number of aromatic amines is 1. The standard InChI is InChI=1S/C16H14N6O3.C7H6ClFO2S.ClH/c17-9-5-18-14-13(9)20-7-21-15(14)16(24)19-4-8-1-2-11-10(3-8)22-12(23)6-25-11;8-12(10,11)5-6-2-1-3-7(9)4-6;/h1-3,5,7,18H,4,6,17H2,(H,19,24)(H,22,23);1-4H,5H2;1H. The Bertz CT molecular complexity index is 1600. The first-order valence-electron chi connectivity index (χ1n) is 10.7. The number of nitrogens with zero attached hydrogens (tertiary/aromatic N) is 2. The summed E-state index contributed by atoms with van der Waals surface area (Å²) >= 11 is 0. The molecule has 4 aromatic rings. The molecule has 2 amide bonds. The lowest BCUT2D eigenvalue weighted by Crippen LogP contribution is -2.26. The average molecular weight is 583 g/mol. The Labute approximate surface area is 226 Å². The van der Waals surface area contributed by atoms with Gasteiger partial charge in [-0.05, 0) is 35.4 Å². The van der Waals surface area contributed by atoms with Crippen LogP contribution in [-0.4, -0.2) is 41.8 Å². The van der Waals surface area contributed by atoms with Crippen molar-refractivity contribution >= 4 is 66.4 Å². The quantitative estimate of drug-likeness (QED) is 0.260. The van der Waals surface area contributed by atoms with Crippen LogP contribution in [-0.2, 0) is 26.1 Å². The lowest BCUT2D eigenvalue weighted by Gasteiger charge is -2.18. The van der Waals surface area contributed by atoms with Gasteiger partial charge in [-0.3, -0.25) is 9.59 Å². The molecule has 1 aliphatic heterocycles. The van der Waals surface area contributed by atoms with Gasteiger partial charge in [-0.15, -0.1) is 12.4 Å². The number of rotatable bonds is 5. The van der Waals surface area contributed by atoms with Gasteiger partial charge in [0, 0.05) is 23.4 Å². The highest BCUT2D eigenvalue weighted by atomic mass is 35.7. The molecule has 0 unspecified atom stereocenters. The fourth-order valence-electron chi connectivity index (χ4n) is 3.46. The number of nitrogens with one attached hydrogen (secondary N) is 3. The summed E-state index contributed by atoms with van der Waals surface area (Å²) < 4.78 is 38.9. The number of amides is 2. The van der Waals surface area contributed by atoms with E-state index in [9.17, 15) is 22.4 Å². The molecule has 5 rings (SSSR count). The fraction of sp³-hybridized carbons (Fsp3) is 0.130. The first-order chi connectivity index (χ1) is 17.6. The Kier molecular flexibility index (Phi) is 9.09. The number of halogens is 3. The van der Waals surface area contributed by atoms with E-state index in [2.05, 4.69) is 25.6 Å². The van der Waals surface area contributed by atoms with Gasteiger partial charge in [-0.25, -0.2) is 22.8 Å². The highest BCUT2D eigenvalue weighted by Crippen LogP contribution is 2.28. The predicted octanol–water partition coefficient (Wildman–Crippen LogP) is 3.12. The Morgan fingerprint density at radius 2 is 1.97 bits per heavy atom. The SMILES string of the molecule is Cl.Nc1c[nH]c2c(C(=O)NCc3ccc4c(c3)NC(=O)CO4)ncnc12.O=S(=O)(Cl)Cc1cccc(F)c1. The number of carbonyl (C=O) groups excluding carboxylic acids is 2. The summed E-state index contributed by atoms with van der Waals surface area (Å²) in [6.45, 7) is 0.274.